The summed E-state index contributed by atoms with van der Waals surface area (Å²) in [5.41, 5.74) is 1.55. The van der Waals surface area contributed by atoms with Crippen molar-refractivity contribution >= 4 is 10.8 Å². The molecular weight excluding hydrogens is 216 g/mol. The summed E-state index contributed by atoms with van der Waals surface area (Å²) in [6.07, 6.45) is 4.16. The Morgan fingerprint density at radius 3 is 2.50 bits per heavy atom. The fourth-order valence-corrected chi connectivity index (χ4v) is 3.49. The Hall–Kier alpha value is -1.30. The lowest BCUT2D eigenvalue weighted by Gasteiger charge is -2.34. The maximum Gasteiger partial charge on any atom is -0.0133 e. The Labute approximate surface area is 110 Å². The molecule has 1 aliphatic carbocycles. The monoisotopic (exact) mass is 238 g/mol. The van der Waals surface area contributed by atoms with Gasteiger partial charge >= 0.3 is 0 Å². The van der Waals surface area contributed by atoms with Gasteiger partial charge in [-0.1, -0.05) is 69.2 Å². The van der Waals surface area contributed by atoms with E-state index in [4.69, 9.17) is 0 Å². The van der Waals surface area contributed by atoms with Crippen molar-refractivity contribution in [1.29, 1.82) is 0 Å². The average molecular weight is 238 g/mol. The Morgan fingerprint density at radius 2 is 1.67 bits per heavy atom. The van der Waals surface area contributed by atoms with Crippen LogP contribution in [0.15, 0.2) is 42.5 Å². The van der Waals surface area contributed by atoms with Gasteiger partial charge in [0.2, 0.25) is 0 Å². The molecule has 2 aromatic carbocycles. The normalized spacial score (nSPS) is 28.4. The van der Waals surface area contributed by atoms with Gasteiger partial charge in [-0.2, -0.15) is 0 Å². The molecule has 0 saturated heterocycles. The van der Waals surface area contributed by atoms with E-state index in [1.54, 1.807) is 5.56 Å². The quantitative estimate of drug-likeness (QED) is 0.625. The summed E-state index contributed by atoms with van der Waals surface area (Å²) in [7, 11) is 0. The van der Waals surface area contributed by atoms with E-state index >= 15 is 0 Å². The van der Waals surface area contributed by atoms with Crippen LogP contribution in [-0.2, 0) is 0 Å². The van der Waals surface area contributed by atoms with E-state index in [0.717, 1.165) is 17.8 Å². The van der Waals surface area contributed by atoms with Crippen molar-refractivity contribution in [1.82, 2.24) is 0 Å². The van der Waals surface area contributed by atoms with Crippen molar-refractivity contribution in [2.45, 2.75) is 39.0 Å². The van der Waals surface area contributed by atoms with Crippen molar-refractivity contribution in [3.8, 4) is 0 Å². The van der Waals surface area contributed by atoms with Crippen molar-refractivity contribution in [3.63, 3.8) is 0 Å². The summed E-state index contributed by atoms with van der Waals surface area (Å²) >= 11 is 0. The van der Waals surface area contributed by atoms with Gasteiger partial charge in [-0.3, -0.25) is 0 Å². The van der Waals surface area contributed by atoms with E-state index in [2.05, 4.69) is 56.3 Å². The minimum Gasteiger partial charge on any atom is -0.0622 e. The maximum atomic E-state index is 2.43. The van der Waals surface area contributed by atoms with Crippen LogP contribution in [0.3, 0.4) is 0 Å². The van der Waals surface area contributed by atoms with Crippen LogP contribution in [0.4, 0.5) is 0 Å². The summed E-state index contributed by atoms with van der Waals surface area (Å²) in [5.74, 6) is 2.45. The number of rotatable bonds is 1. The largest absolute Gasteiger partial charge is 0.0622 e. The molecule has 3 rings (SSSR count). The zero-order valence-electron chi connectivity index (χ0n) is 11.4. The molecule has 0 aliphatic heterocycles. The summed E-state index contributed by atoms with van der Waals surface area (Å²) in [5, 5.41) is 2.75. The molecular formula is C18H22. The van der Waals surface area contributed by atoms with Gasteiger partial charge in [0.1, 0.15) is 0 Å². The van der Waals surface area contributed by atoms with Gasteiger partial charge in [-0.05, 0) is 40.5 Å². The van der Waals surface area contributed by atoms with Crippen molar-refractivity contribution in [3.05, 3.63) is 48.0 Å². The molecule has 3 atom stereocenters. The molecule has 1 fully saturated rings. The molecule has 1 aliphatic rings. The Balaban J connectivity index is 1.98. The van der Waals surface area contributed by atoms with Gasteiger partial charge in [0.25, 0.3) is 0 Å². The van der Waals surface area contributed by atoms with Crippen LogP contribution in [0.2, 0.25) is 0 Å². The predicted octanol–water partition coefficient (Wildman–Crippen LogP) is 5.38. The molecule has 94 valence electrons. The maximum absolute atomic E-state index is 2.43. The second-order valence-corrected chi connectivity index (χ2v) is 5.98. The van der Waals surface area contributed by atoms with Crippen LogP contribution in [0.25, 0.3) is 10.8 Å². The minimum absolute atomic E-state index is 0.762. The first-order valence-electron chi connectivity index (χ1n) is 7.24. The fraction of sp³-hybridized carbons (Fsp3) is 0.444. The third-order valence-electron chi connectivity index (χ3n) is 4.91. The summed E-state index contributed by atoms with van der Waals surface area (Å²) in [6.45, 7) is 4.85. The average Bonchev–Trinajstić information content (AvgIpc) is 2.41. The smallest absolute Gasteiger partial charge is 0.0133 e. The molecule has 0 heterocycles. The number of hydrogen-bond donors (Lipinski definition) is 0. The van der Waals surface area contributed by atoms with Crippen LogP contribution in [0, 0.1) is 11.8 Å². The Bertz CT molecular complexity index is 540. The van der Waals surface area contributed by atoms with Gasteiger partial charge in [0, 0.05) is 0 Å². The van der Waals surface area contributed by atoms with Gasteiger partial charge in [-0.25, -0.2) is 0 Å². The highest BCUT2D eigenvalue weighted by Crippen LogP contribution is 2.41. The van der Waals surface area contributed by atoms with Crippen LogP contribution < -0.4 is 0 Å². The lowest BCUT2D eigenvalue weighted by atomic mass is 9.71. The molecule has 18 heavy (non-hydrogen) atoms. The van der Waals surface area contributed by atoms with Crippen LogP contribution in [-0.4, -0.2) is 0 Å². The van der Waals surface area contributed by atoms with Crippen LogP contribution in [0.5, 0.6) is 0 Å². The number of hydrogen-bond acceptors (Lipinski definition) is 0. The van der Waals surface area contributed by atoms with E-state index < -0.39 is 0 Å². The molecule has 1 saturated carbocycles. The van der Waals surface area contributed by atoms with E-state index in [0.29, 0.717) is 0 Å². The molecule has 0 nitrogen and oxygen atoms in total. The van der Waals surface area contributed by atoms with Gasteiger partial charge in [0.05, 0.1) is 0 Å². The molecule has 0 bridgehead atoms. The molecule has 0 unspecified atom stereocenters. The van der Waals surface area contributed by atoms with E-state index in [-0.39, 0.29) is 0 Å². The third kappa shape index (κ3) is 2.05. The summed E-state index contributed by atoms with van der Waals surface area (Å²) in [6, 6.07) is 15.7. The molecule has 0 heteroatoms. The van der Waals surface area contributed by atoms with Gasteiger partial charge < -0.3 is 0 Å². The lowest BCUT2D eigenvalue weighted by molar-refractivity contribution is 0.238. The highest BCUT2D eigenvalue weighted by atomic mass is 14.3. The topological polar surface area (TPSA) is 0 Å². The second-order valence-electron chi connectivity index (χ2n) is 5.98. The van der Waals surface area contributed by atoms with E-state index in [1.807, 2.05) is 0 Å². The summed E-state index contributed by atoms with van der Waals surface area (Å²) in [4.78, 5) is 0. The molecule has 0 amide bonds. The number of benzene rings is 2. The van der Waals surface area contributed by atoms with Gasteiger partial charge in [-0.15, -0.1) is 0 Å². The Morgan fingerprint density at radius 1 is 0.889 bits per heavy atom. The first kappa shape index (κ1) is 11.8. The zero-order chi connectivity index (χ0) is 12.5. The van der Waals surface area contributed by atoms with Crippen molar-refractivity contribution < 1.29 is 0 Å². The molecule has 0 radical (unpaired) electrons. The fourth-order valence-electron chi connectivity index (χ4n) is 3.49. The third-order valence-corrected chi connectivity index (χ3v) is 4.91. The van der Waals surface area contributed by atoms with Crippen molar-refractivity contribution in [2.75, 3.05) is 0 Å². The lowest BCUT2D eigenvalue weighted by Crippen LogP contribution is -2.22. The standard InChI is InChI=1S/C18H22/c1-13-6-5-9-18(14(13)2)17-11-10-15-7-3-4-8-16(15)12-17/h3-4,7-8,10-14,18H,5-6,9H2,1-2H3/t13-,14+,18+/m0/s1. The molecule has 2 aromatic rings. The van der Waals surface area contributed by atoms with E-state index in [1.165, 1.54) is 30.0 Å². The highest BCUT2D eigenvalue weighted by molar-refractivity contribution is 5.83. The molecule has 0 aromatic heterocycles. The zero-order valence-corrected chi connectivity index (χ0v) is 11.4. The van der Waals surface area contributed by atoms with Crippen LogP contribution in [0.1, 0.15) is 44.6 Å². The van der Waals surface area contributed by atoms with Crippen LogP contribution >= 0.6 is 0 Å². The predicted molar refractivity (Wildman–Crippen MR) is 78.9 cm³/mol. The first-order valence-corrected chi connectivity index (χ1v) is 7.24. The second kappa shape index (κ2) is 4.76. The highest BCUT2D eigenvalue weighted by Gasteiger charge is 2.28. The minimum atomic E-state index is 0.762. The van der Waals surface area contributed by atoms with Crippen molar-refractivity contribution in [2.24, 2.45) is 11.8 Å². The molecule has 0 N–H and O–H groups in total. The summed E-state index contributed by atoms with van der Waals surface area (Å²) < 4.78 is 0. The SMILES string of the molecule is C[C@@H]1[C@@H](C)CCC[C@H]1c1ccc2ccccc2c1. The molecule has 0 spiro atoms. The van der Waals surface area contributed by atoms with E-state index in [9.17, 15) is 0 Å². The Kier molecular flexibility index (Phi) is 3.11. The van der Waals surface area contributed by atoms with Gasteiger partial charge in [0.15, 0.2) is 0 Å². The number of fused-ring (bicyclic) bond motifs is 1. The first-order chi connectivity index (χ1) is 8.75.